The number of hydrogen-bond donors (Lipinski definition) is 0. The maximum absolute atomic E-state index is 13.0. The average Bonchev–Trinajstić information content (AvgIpc) is 3.07. The van der Waals surface area contributed by atoms with Gasteiger partial charge in [0.2, 0.25) is 5.91 Å². The van der Waals surface area contributed by atoms with Crippen LogP contribution in [0.1, 0.15) is 69.4 Å². The highest BCUT2D eigenvalue weighted by Crippen LogP contribution is 2.43. The van der Waals surface area contributed by atoms with E-state index in [9.17, 15) is 4.79 Å². The van der Waals surface area contributed by atoms with Crippen molar-refractivity contribution >= 4 is 5.91 Å². The zero-order valence-electron chi connectivity index (χ0n) is 15.0. The molecule has 0 radical (unpaired) electrons. The van der Waals surface area contributed by atoms with Crippen LogP contribution in [0.2, 0.25) is 0 Å². The Labute approximate surface area is 145 Å². The minimum Gasteiger partial charge on any atom is -0.342 e. The lowest BCUT2D eigenvalue weighted by molar-refractivity contribution is -0.139. The van der Waals surface area contributed by atoms with Crippen LogP contribution in [0.25, 0.3) is 0 Å². The number of aromatic nitrogens is 2. The minimum absolute atomic E-state index is 0.317. The molecule has 132 valence electrons. The Bertz CT molecular complexity index is 573. The van der Waals surface area contributed by atoms with E-state index in [-0.39, 0.29) is 0 Å². The zero-order valence-corrected chi connectivity index (χ0v) is 15.0. The monoisotopic (exact) mass is 329 g/mol. The number of carbonyl (C=O) groups is 1. The number of carbonyl (C=O) groups excluding carboxylic acids is 1. The van der Waals surface area contributed by atoms with E-state index < -0.39 is 0 Å². The van der Waals surface area contributed by atoms with Gasteiger partial charge in [-0.15, -0.1) is 0 Å². The van der Waals surface area contributed by atoms with Crippen molar-refractivity contribution in [2.24, 2.45) is 24.8 Å². The quantitative estimate of drug-likeness (QED) is 0.829. The number of nitrogens with zero attached hydrogens (tertiary/aromatic N) is 3. The molecule has 4 nitrogen and oxygen atoms in total. The van der Waals surface area contributed by atoms with E-state index in [0.29, 0.717) is 17.7 Å². The van der Waals surface area contributed by atoms with E-state index in [0.717, 1.165) is 44.2 Å². The Morgan fingerprint density at radius 3 is 2.50 bits per heavy atom. The molecule has 24 heavy (non-hydrogen) atoms. The minimum atomic E-state index is 0.317. The second-order valence-electron chi connectivity index (χ2n) is 8.29. The number of fused-ring (bicyclic) bond motifs is 1. The Morgan fingerprint density at radius 2 is 1.79 bits per heavy atom. The van der Waals surface area contributed by atoms with E-state index in [1.54, 1.807) is 0 Å². The number of rotatable bonds is 2. The van der Waals surface area contributed by atoms with Gasteiger partial charge < -0.3 is 4.90 Å². The number of piperidine rings is 1. The van der Waals surface area contributed by atoms with Crippen LogP contribution in [0.4, 0.5) is 0 Å². The van der Waals surface area contributed by atoms with Gasteiger partial charge in [0.1, 0.15) is 0 Å². The van der Waals surface area contributed by atoms with Gasteiger partial charge in [0.25, 0.3) is 0 Å². The largest absolute Gasteiger partial charge is 0.342 e. The molecule has 1 saturated heterocycles. The van der Waals surface area contributed by atoms with Crippen LogP contribution in [-0.2, 0) is 11.8 Å². The second kappa shape index (κ2) is 6.89. The predicted octanol–water partition coefficient (Wildman–Crippen LogP) is 3.73. The standard InChI is InChI=1S/C20H31N3O/c1-22-19(8-11-21-22)16-9-12-23(13-10-16)20(24)18-7-6-15-4-2-3-5-17(15)14-18/h8,11,15-18H,2-7,9-10,12-14H2,1H3/t15-,17-,18+/m0/s1. The number of aryl methyl sites for hydroxylation is 1. The summed E-state index contributed by atoms with van der Waals surface area (Å²) in [4.78, 5) is 15.2. The average molecular weight is 329 g/mol. The highest BCUT2D eigenvalue weighted by Gasteiger charge is 2.37. The maximum Gasteiger partial charge on any atom is 0.225 e. The lowest BCUT2D eigenvalue weighted by Crippen LogP contribution is -2.43. The van der Waals surface area contributed by atoms with Crippen molar-refractivity contribution in [1.29, 1.82) is 0 Å². The van der Waals surface area contributed by atoms with Crippen LogP contribution >= 0.6 is 0 Å². The topological polar surface area (TPSA) is 38.1 Å². The smallest absolute Gasteiger partial charge is 0.225 e. The first-order valence-electron chi connectivity index (χ1n) is 9.99. The van der Waals surface area contributed by atoms with E-state index in [1.807, 2.05) is 17.9 Å². The molecule has 0 unspecified atom stereocenters. The third kappa shape index (κ3) is 3.12. The number of amides is 1. The van der Waals surface area contributed by atoms with Gasteiger partial charge in [-0.2, -0.15) is 5.10 Å². The van der Waals surface area contributed by atoms with Crippen LogP contribution in [-0.4, -0.2) is 33.7 Å². The van der Waals surface area contributed by atoms with E-state index >= 15 is 0 Å². The van der Waals surface area contributed by atoms with Gasteiger partial charge in [0.15, 0.2) is 0 Å². The Balaban J connectivity index is 1.32. The molecule has 2 saturated carbocycles. The summed E-state index contributed by atoms with van der Waals surface area (Å²) < 4.78 is 1.99. The van der Waals surface area contributed by atoms with Crippen molar-refractivity contribution in [2.45, 2.75) is 63.7 Å². The summed E-state index contributed by atoms with van der Waals surface area (Å²) in [7, 11) is 2.02. The summed E-state index contributed by atoms with van der Waals surface area (Å²) in [5, 5.41) is 4.29. The van der Waals surface area contributed by atoms with Crippen molar-refractivity contribution in [3.8, 4) is 0 Å². The van der Waals surface area contributed by atoms with Gasteiger partial charge in [0, 0.05) is 43.9 Å². The molecule has 0 aromatic carbocycles. The molecule has 1 amide bonds. The molecule has 3 atom stereocenters. The van der Waals surface area contributed by atoms with Crippen LogP contribution in [0.5, 0.6) is 0 Å². The molecule has 1 aromatic heterocycles. The molecular formula is C20H31N3O. The van der Waals surface area contributed by atoms with Gasteiger partial charge in [-0.1, -0.05) is 25.7 Å². The highest BCUT2D eigenvalue weighted by molar-refractivity contribution is 5.79. The molecule has 1 aromatic rings. The van der Waals surface area contributed by atoms with Crippen molar-refractivity contribution < 1.29 is 4.79 Å². The lowest BCUT2D eigenvalue weighted by Gasteiger charge is -2.41. The Hall–Kier alpha value is -1.32. The third-order valence-electron chi connectivity index (χ3n) is 6.97. The molecule has 0 spiro atoms. The summed E-state index contributed by atoms with van der Waals surface area (Å²) in [5.74, 6) is 3.11. The number of hydrogen-bond acceptors (Lipinski definition) is 2. The van der Waals surface area contributed by atoms with Crippen molar-refractivity contribution in [3.05, 3.63) is 18.0 Å². The predicted molar refractivity (Wildman–Crippen MR) is 94.6 cm³/mol. The fourth-order valence-electron chi connectivity index (χ4n) is 5.54. The summed E-state index contributed by atoms with van der Waals surface area (Å²) in [6, 6.07) is 2.13. The van der Waals surface area contributed by atoms with E-state index in [4.69, 9.17) is 0 Å². The van der Waals surface area contributed by atoms with Crippen LogP contribution < -0.4 is 0 Å². The molecular weight excluding hydrogens is 298 g/mol. The van der Waals surface area contributed by atoms with Crippen LogP contribution in [0.15, 0.2) is 12.3 Å². The first kappa shape index (κ1) is 16.2. The molecule has 2 heterocycles. The van der Waals surface area contributed by atoms with Crippen molar-refractivity contribution in [3.63, 3.8) is 0 Å². The molecule has 2 aliphatic carbocycles. The van der Waals surface area contributed by atoms with E-state index in [1.165, 1.54) is 44.2 Å². The third-order valence-corrected chi connectivity index (χ3v) is 6.97. The summed E-state index contributed by atoms with van der Waals surface area (Å²) in [6.45, 7) is 1.86. The van der Waals surface area contributed by atoms with Crippen molar-refractivity contribution in [1.82, 2.24) is 14.7 Å². The molecule has 0 N–H and O–H groups in total. The number of likely N-dealkylation sites (tertiary alicyclic amines) is 1. The highest BCUT2D eigenvalue weighted by atomic mass is 16.2. The molecule has 1 aliphatic heterocycles. The van der Waals surface area contributed by atoms with E-state index in [2.05, 4.69) is 16.1 Å². The fraction of sp³-hybridized carbons (Fsp3) is 0.800. The molecule has 3 aliphatic rings. The normalized spacial score (nSPS) is 31.7. The molecule has 3 fully saturated rings. The Kier molecular flexibility index (Phi) is 4.64. The fourth-order valence-corrected chi connectivity index (χ4v) is 5.54. The van der Waals surface area contributed by atoms with Crippen LogP contribution in [0.3, 0.4) is 0 Å². The van der Waals surface area contributed by atoms with Gasteiger partial charge in [-0.05, 0) is 50.0 Å². The first-order valence-corrected chi connectivity index (χ1v) is 9.99. The molecule has 0 bridgehead atoms. The SMILES string of the molecule is Cn1nccc1C1CCN(C(=O)[C@@H]2CC[C@@H]3CCCC[C@H]3C2)CC1. The maximum atomic E-state index is 13.0. The lowest BCUT2D eigenvalue weighted by atomic mass is 9.67. The van der Waals surface area contributed by atoms with Crippen LogP contribution in [0, 0.1) is 17.8 Å². The summed E-state index contributed by atoms with van der Waals surface area (Å²) >= 11 is 0. The van der Waals surface area contributed by atoms with Gasteiger partial charge in [-0.25, -0.2) is 0 Å². The molecule has 4 rings (SSSR count). The second-order valence-corrected chi connectivity index (χ2v) is 8.29. The Morgan fingerprint density at radius 1 is 1.04 bits per heavy atom. The molecule has 4 heteroatoms. The summed E-state index contributed by atoms with van der Waals surface area (Å²) in [6.07, 6.45) is 13.3. The zero-order chi connectivity index (χ0) is 16.5. The first-order chi connectivity index (χ1) is 11.7. The van der Waals surface area contributed by atoms with Gasteiger partial charge in [0.05, 0.1) is 0 Å². The van der Waals surface area contributed by atoms with Crippen molar-refractivity contribution in [2.75, 3.05) is 13.1 Å². The summed E-state index contributed by atoms with van der Waals surface area (Å²) in [5.41, 5.74) is 1.32. The van der Waals surface area contributed by atoms with Gasteiger partial charge >= 0.3 is 0 Å². The van der Waals surface area contributed by atoms with Gasteiger partial charge in [-0.3, -0.25) is 9.48 Å².